The number of ether oxygens (including phenoxy) is 1. The first-order chi connectivity index (χ1) is 7.15. The first-order valence-corrected chi connectivity index (χ1v) is 5.09. The van der Waals surface area contributed by atoms with Gasteiger partial charge >= 0.3 is 5.97 Å². The maximum atomic E-state index is 12.7. The molecule has 0 aliphatic carbocycles. The van der Waals surface area contributed by atoms with Gasteiger partial charge in [0.25, 0.3) is 0 Å². The zero-order valence-electron chi connectivity index (χ0n) is 8.57. The maximum Gasteiger partial charge on any atom is 0.306 e. The molecule has 2 rings (SSSR count). The molecule has 1 aromatic rings. The van der Waals surface area contributed by atoms with Gasteiger partial charge < -0.3 is 4.74 Å². The highest BCUT2D eigenvalue weighted by Gasteiger charge is 2.31. The van der Waals surface area contributed by atoms with E-state index < -0.39 is 0 Å². The first-order valence-electron chi connectivity index (χ1n) is 5.09. The van der Waals surface area contributed by atoms with Crippen LogP contribution in [0.2, 0.25) is 0 Å². The highest BCUT2D eigenvalue weighted by Crippen LogP contribution is 2.25. The summed E-state index contributed by atoms with van der Waals surface area (Å²) in [5.74, 6) is -0.136. The molecule has 1 aliphatic rings. The van der Waals surface area contributed by atoms with E-state index in [1.54, 1.807) is 12.1 Å². The quantitative estimate of drug-likeness (QED) is 0.697. The molecule has 0 aromatic heterocycles. The van der Waals surface area contributed by atoms with Gasteiger partial charge in [-0.2, -0.15) is 0 Å². The Kier molecular flexibility index (Phi) is 2.71. The average molecular weight is 208 g/mol. The van der Waals surface area contributed by atoms with Crippen molar-refractivity contribution in [2.45, 2.75) is 25.9 Å². The van der Waals surface area contributed by atoms with Crippen molar-refractivity contribution in [2.75, 3.05) is 0 Å². The minimum Gasteiger partial charge on any atom is -0.462 e. The molecule has 0 N–H and O–H groups in total. The van der Waals surface area contributed by atoms with Gasteiger partial charge in [0, 0.05) is 5.92 Å². The molecule has 0 saturated carbocycles. The summed E-state index contributed by atoms with van der Waals surface area (Å²) < 4.78 is 17.7. The van der Waals surface area contributed by atoms with Crippen molar-refractivity contribution in [1.29, 1.82) is 0 Å². The second-order valence-electron chi connectivity index (χ2n) is 3.99. The van der Waals surface area contributed by atoms with Crippen molar-refractivity contribution in [3.8, 4) is 0 Å². The van der Waals surface area contributed by atoms with Crippen LogP contribution in [-0.4, -0.2) is 12.1 Å². The number of carbonyl (C=O) groups excluding carboxylic acids is 1. The highest BCUT2D eigenvalue weighted by molar-refractivity contribution is 5.72. The monoisotopic (exact) mass is 208 g/mol. The van der Waals surface area contributed by atoms with Gasteiger partial charge in [-0.25, -0.2) is 4.39 Å². The van der Waals surface area contributed by atoms with E-state index in [1.165, 1.54) is 12.1 Å². The first kappa shape index (κ1) is 10.1. The number of hydrogen-bond acceptors (Lipinski definition) is 2. The molecule has 80 valence electrons. The molecule has 1 heterocycles. The van der Waals surface area contributed by atoms with Gasteiger partial charge in [-0.3, -0.25) is 4.79 Å². The predicted octanol–water partition coefficient (Wildman–Crippen LogP) is 2.32. The SMILES string of the molecule is C[C@@H]1OC(=O)C[C@H]1Cc1ccc(F)cc1. The van der Waals surface area contributed by atoms with Crippen LogP contribution in [0.3, 0.4) is 0 Å². The van der Waals surface area contributed by atoms with E-state index in [0.29, 0.717) is 6.42 Å². The lowest BCUT2D eigenvalue weighted by atomic mass is 9.94. The Bertz CT molecular complexity index is 358. The molecule has 1 aromatic carbocycles. The Morgan fingerprint density at radius 2 is 2.07 bits per heavy atom. The molecule has 0 radical (unpaired) electrons. The normalized spacial score (nSPS) is 25.3. The molecule has 0 spiro atoms. The Morgan fingerprint density at radius 3 is 2.60 bits per heavy atom. The van der Waals surface area contributed by atoms with Crippen molar-refractivity contribution < 1.29 is 13.9 Å². The van der Waals surface area contributed by atoms with Crippen molar-refractivity contribution in [3.63, 3.8) is 0 Å². The molecule has 2 atom stereocenters. The maximum absolute atomic E-state index is 12.7. The average Bonchev–Trinajstić information content (AvgIpc) is 2.49. The molecule has 0 amide bonds. The third kappa shape index (κ3) is 2.35. The summed E-state index contributed by atoms with van der Waals surface area (Å²) in [6.45, 7) is 1.90. The molecule has 15 heavy (non-hydrogen) atoms. The fraction of sp³-hybridized carbons (Fsp3) is 0.417. The van der Waals surface area contributed by atoms with Crippen LogP contribution in [0.15, 0.2) is 24.3 Å². The topological polar surface area (TPSA) is 26.3 Å². The largest absolute Gasteiger partial charge is 0.462 e. The zero-order valence-corrected chi connectivity index (χ0v) is 8.57. The summed E-state index contributed by atoms with van der Waals surface area (Å²) in [5, 5.41) is 0. The second-order valence-corrected chi connectivity index (χ2v) is 3.99. The summed E-state index contributed by atoms with van der Waals surface area (Å²) >= 11 is 0. The summed E-state index contributed by atoms with van der Waals surface area (Å²) in [4.78, 5) is 11.0. The van der Waals surface area contributed by atoms with Crippen molar-refractivity contribution in [1.82, 2.24) is 0 Å². The van der Waals surface area contributed by atoms with Gasteiger partial charge in [-0.15, -0.1) is 0 Å². The molecule has 3 heteroatoms. The number of esters is 1. The van der Waals surface area contributed by atoms with Gasteiger partial charge in [0.15, 0.2) is 0 Å². The lowest BCUT2D eigenvalue weighted by Gasteiger charge is -2.12. The molecule has 1 fully saturated rings. The van der Waals surface area contributed by atoms with E-state index in [0.717, 1.165) is 12.0 Å². The van der Waals surface area contributed by atoms with Gasteiger partial charge in [-0.05, 0) is 31.0 Å². The standard InChI is InChI=1S/C12H13FO2/c1-8-10(7-12(14)15-8)6-9-2-4-11(13)5-3-9/h2-5,8,10H,6-7H2,1H3/t8-,10+/m0/s1. The third-order valence-corrected chi connectivity index (χ3v) is 2.82. The van der Waals surface area contributed by atoms with E-state index in [9.17, 15) is 9.18 Å². The Hall–Kier alpha value is -1.38. The second kappa shape index (κ2) is 4.01. The number of rotatable bonds is 2. The highest BCUT2D eigenvalue weighted by atomic mass is 19.1. The van der Waals surface area contributed by atoms with Crippen LogP contribution in [0, 0.1) is 11.7 Å². The molecule has 2 nitrogen and oxygen atoms in total. The number of carbonyl (C=O) groups is 1. The summed E-state index contributed by atoms with van der Waals surface area (Å²) in [6, 6.07) is 6.39. The minimum absolute atomic E-state index is 0.0254. The van der Waals surface area contributed by atoms with Crippen LogP contribution in [0.25, 0.3) is 0 Å². The molecule has 0 bridgehead atoms. The summed E-state index contributed by atoms with van der Waals surface area (Å²) in [6.07, 6.45) is 1.22. The van der Waals surface area contributed by atoms with E-state index in [-0.39, 0.29) is 23.8 Å². The van der Waals surface area contributed by atoms with Crippen molar-refractivity contribution >= 4 is 5.97 Å². The Labute approximate surface area is 88.1 Å². The third-order valence-electron chi connectivity index (χ3n) is 2.82. The van der Waals surface area contributed by atoms with Crippen LogP contribution in [0.5, 0.6) is 0 Å². The van der Waals surface area contributed by atoms with Crippen LogP contribution in [-0.2, 0) is 16.0 Å². The molecular weight excluding hydrogens is 195 g/mol. The fourth-order valence-electron chi connectivity index (χ4n) is 1.89. The van der Waals surface area contributed by atoms with Crippen LogP contribution in [0.1, 0.15) is 18.9 Å². The fourth-order valence-corrected chi connectivity index (χ4v) is 1.89. The van der Waals surface area contributed by atoms with Gasteiger partial charge in [-0.1, -0.05) is 12.1 Å². The molecule has 1 saturated heterocycles. The number of benzene rings is 1. The van der Waals surface area contributed by atoms with Crippen LogP contribution < -0.4 is 0 Å². The van der Waals surface area contributed by atoms with E-state index in [1.807, 2.05) is 6.92 Å². The number of halogens is 1. The number of hydrogen-bond donors (Lipinski definition) is 0. The zero-order chi connectivity index (χ0) is 10.8. The Morgan fingerprint density at radius 1 is 1.40 bits per heavy atom. The molecule has 1 aliphatic heterocycles. The molecular formula is C12H13FO2. The summed E-state index contributed by atoms with van der Waals surface area (Å²) in [5.41, 5.74) is 1.05. The van der Waals surface area contributed by atoms with E-state index in [2.05, 4.69) is 0 Å². The lowest BCUT2D eigenvalue weighted by molar-refractivity contribution is -0.140. The van der Waals surface area contributed by atoms with Gasteiger partial charge in [0.1, 0.15) is 11.9 Å². The lowest BCUT2D eigenvalue weighted by Crippen LogP contribution is -2.13. The van der Waals surface area contributed by atoms with Crippen LogP contribution in [0.4, 0.5) is 4.39 Å². The molecule has 0 unspecified atom stereocenters. The van der Waals surface area contributed by atoms with E-state index in [4.69, 9.17) is 4.74 Å². The van der Waals surface area contributed by atoms with Crippen LogP contribution >= 0.6 is 0 Å². The van der Waals surface area contributed by atoms with Crippen molar-refractivity contribution in [3.05, 3.63) is 35.6 Å². The summed E-state index contributed by atoms with van der Waals surface area (Å²) in [7, 11) is 0. The van der Waals surface area contributed by atoms with E-state index >= 15 is 0 Å². The predicted molar refractivity (Wildman–Crippen MR) is 53.8 cm³/mol. The van der Waals surface area contributed by atoms with Gasteiger partial charge in [0.05, 0.1) is 6.42 Å². The smallest absolute Gasteiger partial charge is 0.306 e. The van der Waals surface area contributed by atoms with Crippen molar-refractivity contribution in [2.24, 2.45) is 5.92 Å². The van der Waals surface area contributed by atoms with Gasteiger partial charge in [0.2, 0.25) is 0 Å². The minimum atomic E-state index is -0.231. The Balaban J connectivity index is 2.03. The number of cyclic esters (lactones) is 1.